The van der Waals surface area contributed by atoms with Gasteiger partial charge in [-0.25, -0.2) is 8.78 Å². The zero-order chi connectivity index (χ0) is 20.4. The summed E-state index contributed by atoms with van der Waals surface area (Å²) in [6.45, 7) is 12.3. The third-order valence-corrected chi connectivity index (χ3v) is 4.32. The van der Waals surface area contributed by atoms with E-state index in [9.17, 15) is 18.4 Å². The number of nitrogens with one attached hydrogen (secondary N) is 1. The average molecular weight is 383 g/mol. The summed E-state index contributed by atoms with van der Waals surface area (Å²) in [5.74, 6) is -2.01. The largest absolute Gasteiger partial charge is 0.351 e. The van der Waals surface area contributed by atoms with Crippen LogP contribution in [0, 0.1) is 17.6 Å². The molecule has 1 aromatic carbocycles. The Morgan fingerprint density at radius 2 is 1.78 bits per heavy atom. The summed E-state index contributed by atoms with van der Waals surface area (Å²) in [6.07, 6.45) is 0.138. The minimum Gasteiger partial charge on any atom is -0.351 e. The van der Waals surface area contributed by atoms with Gasteiger partial charge in [-0.15, -0.1) is 0 Å². The highest BCUT2D eigenvalue weighted by atomic mass is 19.1. The normalized spacial score (nSPS) is 11.1. The molecule has 0 radical (unpaired) electrons. The number of hydrogen-bond donors (Lipinski definition) is 1. The van der Waals surface area contributed by atoms with Gasteiger partial charge in [0.15, 0.2) is 0 Å². The highest BCUT2D eigenvalue weighted by Gasteiger charge is 2.17. The molecule has 1 aromatic rings. The number of rotatable bonds is 11. The fraction of sp³-hybridized carbons (Fsp3) is 0.600. The van der Waals surface area contributed by atoms with E-state index in [2.05, 4.69) is 37.9 Å². The van der Waals surface area contributed by atoms with E-state index in [4.69, 9.17) is 0 Å². The molecule has 0 saturated heterocycles. The van der Waals surface area contributed by atoms with Crippen molar-refractivity contribution in [2.75, 3.05) is 39.3 Å². The van der Waals surface area contributed by atoms with Gasteiger partial charge in [-0.3, -0.25) is 9.59 Å². The van der Waals surface area contributed by atoms with Crippen molar-refractivity contribution in [3.8, 4) is 0 Å². The Hall–Kier alpha value is -2.02. The summed E-state index contributed by atoms with van der Waals surface area (Å²) in [5, 5.41) is 2.53. The molecule has 27 heavy (non-hydrogen) atoms. The molecule has 0 heterocycles. The van der Waals surface area contributed by atoms with Crippen LogP contribution in [0.2, 0.25) is 0 Å². The van der Waals surface area contributed by atoms with Crippen LogP contribution in [0.1, 0.15) is 44.5 Å². The maximum absolute atomic E-state index is 13.6. The van der Waals surface area contributed by atoms with Gasteiger partial charge in [0.2, 0.25) is 5.91 Å². The number of benzene rings is 1. The number of likely N-dealkylation sites (N-methyl/N-ethyl adjacent to an activating group) is 1. The van der Waals surface area contributed by atoms with Gasteiger partial charge in [-0.1, -0.05) is 27.7 Å². The van der Waals surface area contributed by atoms with Gasteiger partial charge in [-0.05, 0) is 31.1 Å². The van der Waals surface area contributed by atoms with Crippen molar-refractivity contribution in [1.29, 1.82) is 0 Å². The average Bonchev–Trinajstić information content (AvgIpc) is 2.60. The molecule has 0 spiro atoms. The molecule has 5 nitrogen and oxygen atoms in total. The molecule has 7 heteroatoms. The van der Waals surface area contributed by atoms with Crippen LogP contribution in [0.3, 0.4) is 0 Å². The highest BCUT2D eigenvalue weighted by molar-refractivity contribution is 5.94. The van der Waals surface area contributed by atoms with Crippen LogP contribution in [0.15, 0.2) is 18.2 Å². The van der Waals surface area contributed by atoms with Gasteiger partial charge in [0.05, 0.1) is 5.56 Å². The predicted octanol–water partition coefficient (Wildman–Crippen LogP) is 2.91. The molecule has 0 bridgehead atoms. The topological polar surface area (TPSA) is 52.6 Å². The second kappa shape index (κ2) is 11.6. The number of amides is 2. The summed E-state index contributed by atoms with van der Waals surface area (Å²) < 4.78 is 26.5. The van der Waals surface area contributed by atoms with Crippen molar-refractivity contribution in [1.82, 2.24) is 15.1 Å². The van der Waals surface area contributed by atoms with E-state index in [1.165, 1.54) is 0 Å². The van der Waals surface area contributed by atoms with Crippen molar-refractivity contribution in [3.05, 3.63) is 35.4 Å². The van der Waals surface area contributed by atoms with E-state index >= 15 is 0 Å². The Labute approximate surface area is 160 Å². The third kappa shape index (κ3) is 8.03. The molecular formula is C20H31F2N3O2. The number of nitrogens with zero attached hydrogens (tertiary/aromatic N) is 2. The van der Waals surface area contributed by atoms with Crippen LogP contribution in [0.5, 0.6) is 0 Å². The van der Waals surface area contributed by atoms with Crippen LogP contribution >= 0.6 is 0 Å². The van der Waals surface area contributed by atoms with Gasteiger partial charge in [0.1, 0.15) is 11.6 Å². The first kappa shape index (κ1) is 23.0. The Balaban J connectivity index is 2.55. The van der Waals surface area contributed by atoms with Gasteiger partial charge >= 0.3 is 0 Å². The van der Waals surface area contributed by atoms with E-state index in [1.54, 1.807) is 0 Å². The molecule has 0 aliphatic heterocycles. The lowest BCUT2D eigenvalue weighted by atomic mass is 10.2. The lowest BCUT2D eigenvalue weighted by Gasteiger charge is -2.28. The maximum atomic E-state index is 13.6. The molecular weight excluding hydrogens is 352 g/mol. The highest BCUT2D eigenvalue weighted by Crippen LogP contribution is 2.09. The molecule has 0 atom stereocenters. The SMILES string of the molecule is CCN(CC)CCN(CC(C)C)C(=O)CCNC(=O)c1ccc(F)cc1F. The fourth-order valence-electron chi connectivity index (χ4n) is 2.77. The molecule has 1 N–H and O–H groups in total. The second-order valence-electron chi connectivity index (χ2n) is 6.89. The zero-order valence-electron chi connectivity index (χ0n) is 16.7. The summed E-state index contributed by atoms with van der Waals surface area (Å²) in [5.41, 5.74) is -0.232. The Morgan fingerprint density at radius 1 is 1.11 bits per heavy atom. The minimum atomic E-state index is -0.917. The summed E-state index contributed by atoms with van der Waals surface area (Å²) in [7, 11) is 0. The second-order valence-corrected chi connectivity index (χ2v) is 6.89. The summed E-state index contributed by atoms with van der Waals surface area (Å²) in [6, 6.07) is 2.79. The monoisotopic (exact) mass is 383 g/mol. The quantitative estimate of drug-likeness (QED) is 0.639. The smallest absolute Gasteiger partial charge is 0.254 e. The van der Waals surface area contributed by atoms with Crippen LogP contribution in [-0.2, 0) is 4.79 Å². The van der Waals surface area contributed by atoms with E-state index in [0.29, 0.717) is 25.1 Å². The van der Waals surface area contributed by atoms with Crippen molar-refractivity contribution in [2.45, 2.75) is 34.1 Å². The predicted molar refractivity (Wildman–Crippen MR) is 103 cm³/mol. The van der Waals surface area contributed by atoms with E-state index in [1.807, 2.05) is 4.90 Å². The molecule has 152 valence electrons. The molecule has 0 aliphatic carbocycles. The number of halogens is 2. The Bertz CT molecular complexity index is 619. The molecule has 0 fully saturated rings. The molecule has 1 rings (SSSR count). The van der Waals surface area contributed by atoms with Crippen LogP contribution in [-0.4, -0.2) is 60.9 Å². The zero-order valence-corrected chi connectivity index (χ0v) is 16.7. The van der Waals surface area contributed by atoms with E-state index in [-0.39, 0.29) is 24.4 Å². The van der Waals surface area contributed by atoms with E-state index in [0.717, 1.165) is 31.8 Å². The summed E-state index contributed by atoms with van der Waals surface area (Å²) >= 11 is 0. The van der Waals surface area contributed by atoms with Crippen LogP contribution in [0.4, 0.5) is 8.78 Å². The fourth-order valence-corrected chi connectivity index (χ4v) is 2.77. The van der Waals surface area contributed by atoms with E-state index < -0.39 is 17.5 Å². The van der Waals surface area contributed by atoms with Crippen LogP contribution in [0.25, 0.3) is 0 Å². The Morgan fingerprint density at radius 3 is 2.33 bits per heavy atom. The van der Waals surface area contributed by atoms with Crippen molar-refractivity contribution < 1.29 is 18.4 Å². The van der Waals surface area contributed by atoms with Gasteiger partial charge in [0.25, 0.3) is 5.91 Å². The van der Waals surface area contributed by atoms with Gasteiger partial charge < -0.3 is 15.1 Å². The van der Waals surface area contributed by atoms with Gasteiger partial charge in [0, 0.05) is 38.7 Å². The van der Waals surface area contributed by atoms with Crippen molar-refractivity contribution in [2.24, 2.45) is 5.92 Å². The first-order chi connectivity index (χ1) is 12.8. The maximum Gasteiger partial charge on any atom is 0.254 e. The molecule has 0 aromatic heterocycles. The Kier molecular flexibility index (Phi) is 9.93. The van der Waals surface area contributed by atoms with Gasteiger partial charge in [-0.2, -0.15) is 0 Å². The molecule has 0 saturated carbocycles. The molecule has 0 aliphatic rings. The third-order valence-electron chi connectivity index (χ3n) is 4.32. The first-order valence-electron chi connectivity index (χ1n) is 9.51. The van der Waals surface area contributed by atoms with Crippen molar-refractivity contribution >= 4 is 11.8 Å². The number of carbonyl (C=O) groups excluding carboxylic acids is 2. The molecule has 2 amide bonds. The number of carbonyl (C=O) groups is 2. The lowest BCUT2D eigenvalue weighted by Crippen LogP contribution is -2.41. The van der Waals surface area contributed by atoms with Crippen LogP contribution < -0.4 is 5.32 Å². The minimum absolute atomic E-state index is 0.0456. The first-order valence-corrected chi connectivity index (χ1v) is 9.51. The van der Waals surface area contributed by atoms with Crippen molar-refractivity contribution in [3.63, 3.8) is 0 Å². The number of hydrogen-bond acceptors (Lipinski definition) is 3. The standard InChI is InChI=1S/C20H31F2N3O2/c1-5-24(6-2)11-12-25(14-15(3)4)19(26)9-10-23-20(27)17-8-7-16(21)13-18(17)22/h7-8,13,15H,5-6,9-12,14H2,1-4H3,(H,23,27). The molecule has 0 unspecified atom stereocenters. The lowest BCUT2D eigenvalue weighted by molar-refractivity contribution is -0.131. The summed E-state index contributed by atoms with van der Waals surface area (Å²) in [4.78, 5) is 28.6.